The summed E-state index contributed by atoms with van der Waals surface area (Å²) in [7, 11) is 0. The van der Waals surface area contributed by atoms with Crippen molar-refractivity contribution in [3.63, 3.8) is 0 Å². The first-order valence-electron chi connectivity index (χ1n) is 10.1. The summed E-state index contributed by atoms with van der Waals surface area (Å²) in [5.74, 6) is 1.48. The number of benzene rings is 2. The number of nitrogens with one attached hydrogen (secondary N) is 1. The van der Waals surface area contributed by atoms with Crippen molar-refractivity contribution in [3.8, 4) is 11.5 Å². The summed E-state index contributed by atoms with van der Waals surface area (Å²) in [6, 6.07) is 13.3. The van der Waals surface area contributed by atoms with Crippen LogP contribution in [0.3, 0.4) is 0 Å². The van der Waals surface area contributed by atoms with Crippen LogP contribution in [0, 0.1) is 0 Å². The van der Waals surface area contributed by atoms with E-state index in [1.807, 2.05) is 6.07 Å². The number of ether oxygens (including phenoxy) is 2. The molecule has 2 aliphatic heterocycles. The molecular formula is C23H26N2O4. The topological polar surface area (TPSA) is 67.9 Å². The molecule has 1 amide bonds. The molecule has 1 fully saturated rings. The molecular weight excluding hydrogens is 368 g/mol. The van der Waals surface area contributed by atoms with E-state index in [4.69, 9.17) is 9.47 Å². The fourth-order valence-electron chi connectivity index (χ4n) is 3.98. The monoisotopic (exact) mass is 394 g/mol. The van der Waals surface area contributed by atoms with Crippen LogP contribution in [0.1, 0.15) is 48.1 Å². The maximum Gasteiger partial charge on any atom is 0.238 e. The first-order valence-corrected chi connectivity index (χ1v) is 10.1. The first-order chi connectivity index (χ1) is 14.1. The van der Waals surface area contributed by atoms with Crippen LogP contribution >= 0.6 is 0 Å². The van der Waals surface area contributed by atoms with Gasteiger partial charge in [-0.25, -0.2) is 0 Å². The standard InChI is InChI=1S/C23H26N2O4/c1-16(26)17-5-2-6-19(13-17)24-23(27)15-25-10-3-7-20(25)18-8-9-21-22(14-18)29-12-4-11-28-21/h2,5-6,8-9,13-14,20H,3-4,7,10-12,15H2,1H3,(H,24,27)/t20-/m1/s1. The van der Waals surface area contributed by atoms with Gasteiger partial charge in [0.2, 0.25) is 5.91 Å². The fourth-order valence-corrected chi connectivity index (χ4v) is 3.98. The average Bonchev–Trinajstić information content (AvgIpc) is 3.03. The first kappa shape index (κ1) is 19.5. The summed E-state index contributed by atoms with van der Waals surface area (Å²) >= 11 is 0. The molecule has 2 aliphatic rings. The number of hydrogen-bond acceptors (Lipinski definition) is 5. The quantitative estimate of drug-likeness (QED) is 0.781. The minimum absolute atomic E-state index is 0.0184. The summed E-state index contributed by atoms with van der Waals surface area (Å²) in [6.07, 6.45) is 2.93. The Kier molecular flexibility index (Phi) is 5.81. The van der Waals surface area contributed by atoms with Crippen LogP contribution in [0.15, 0.2) is 42.5 Å². The summed E-state index contributed by atoms with van der Waals surface area (Å²) in [6.45, 7) is 4.04. The zero-order chi connectivity index (χ0) is 20.2. The molecule has 0 spiro atoms. The van der Waals surface area contributed by atoms with E-state index in [1.165, 1.54) is 6.92 Å². The van der Waals surface area contributed by atoms with Crippen molar-refractivity contribution in [3.05, 3.63) is 53.6 Å². The lowest BCUT2D eigenvalue weighted by Gasteiger charge is -2.25. The molecule has 29 heavy (non-hydrogen) atoms. The second-order valence-corrected chi connectivity index (χ2v) is 7.57. The summed E-state index contributed by atoms with van der Waals surface area (Å²) < 4.78 is 11.5. The maximum absolute atomic E-state index is 12.6. The van der Waals surface area contributed by atoms with Crippen LogP contribution < -0.4 is 14.8 Å². The van der Waals surface area contributed by atoms with Crippen LogP contribution in [-0.2, 0) is 4.79 Å². The maximum atomic E-state index is 12.6. The molecule has 1 N–H and O–H groups in total. The van der Waals surface area contributed by atoms with Gasteiger partial charge in [-0.1, -0.05) is 18.2 Å². The number of fused-ring (bicyclic) bond motifs is 1. The van der Waals surface area contributed by atoms with Gasteiger partial charge in [0.1, 0.15) is 0 Å². The Bertz CT molecular complexity index is 912. The second kappa shape index (κ2) is 8.66. The predicted octanol–water partition coefficient (Wildman–Crippen LogP) is 3.83. The number of rotatable bonds is 5. The molecule has 0 bridgehead atoms. The van der Waals surface area contributed by atoms with E-state index in [1.54, 1.807) is 24.3 Å². The molecule has 6 nitrogen and oxygen atoms in total. The van der Waals surface area contributed by atoms with Crippen molar-refractivity contribution >= 4 is 17.4 Å². The summed E-state index contributed by atoms with van der Waals surface area (Å²) in [4.78, 5) is 26.4. The second-order valence-electron chi connectivity index (χ2n) is 7.57. The fraction of sp³-hybridized carbons (Fsp3) is 0.391. The molecule has 0 saturated carbocycles. The van der Waals surface area contributed by atoms with Crippen molar-refractivity contribution in [1.29, 1.82) is 0 Å². The van der Waals surface area contributed by atoms with E-state index in [-0.39, 0.29) is 17.7 Å². The summed E-state index contributed by atoms with van der Waals surface area (Å²) in [5.41, 5.74) is 2.39. The summed E-state index contributed by atoms with van der Waals surface area (Å²) in [5, 5.41) is 2.92. The normalized spacial score (nSPS) is 18.9. The van der Waals surface area contributed by atoms with Gasteiger partial charge in [0.05, 0.1) is 19.8 Å². The van der Waals surface area contributed by atoms with Crippen LogP contribution in [0.2, 0.25) is 0 Å². The number of nitrogens with zero attached hydrogens (tertiary/aromatic N) is 1. The highest BCUT2D eigenvalue weighted by Gasteiger charge is 2.28. The van der Waals surface area contributed by atoms with Gasteiger partial charge >= 0.3 is 0 Å². The number of amides is 1. The van der Waals surface area contributed by atoms with Crippen molar-refractivity contribution in [2.45, 2.75) is 32.2 Å². The Labute approximate surface area is 170 Å². The van der Waals surface area contributed by atoms with Gasteiger partial charge < -0.3 is 14.8 Å². The van der Waals surface area contributed by atoms with Crippen molar-refractivity contribution in [2.75, 3.05) is 31.6 Å². The lowest BCUT2D eigenvalue weighted by atomic mass is 10.0. The molecule has 0 radical (unpaired) electrons. The Hall–Kier alpha value is -2.86. The van der Waals surface area contributed by atoms with Gasteiger partial charge in [-0.2, -0.15) is 0 Å². The molecule has 2 aromatic rings. The molecule has 2 heterocycles. The molecule has 0 aliphatic carbocycles. The van der Waals surface area contributed by atoms with Gasteiger partial charge in [-0.3, -0.25) is 14.5 Å². The molecule has 4 rings (SSSR count). The van der Waals surface area contributed by atoms with E-state index in [0.29, 0.717) is 31.0 Å². The molecule has 0 aromatic heterocycles. The van der Waals surface area contributed by atoms with Gasteiger partial charge in [0.25, 0.3) is 0 Å². The van der Waals surface area contributed by atoms with Crippen molar-refractivity contribution in [2.24, 2.45) is 0 Å². The van der Waals surface area contributed by atoms with Crippen LogP contribution in [0.5, 0.6) is 11.5 Å². The molecule has 1 atom stereocenters. The largest absolute Gasteiger partial charge is 0.490 e. The Morgan fingerprint density at radius 3 is 2.72 bits per heavy atom. The van der Waals surface area contributed by atoms with Gasteiger partial charge in [0.15, 0.2) is 17.3 Å². The third-order valence-electron chi connectivity index (χ3n) is 5.42. The minimum atomic E-state index is -0.0769. The van der Waals surface area contributed by atoms with Gasteiger partial charge in [0, 0.05) is 23.7 Å². The van der Waals surface area contributed by atoms with E-state index in [9.17, 15) is 9.59 Å². The smallest absolute Gasteiger partial charge is 0.238 e. The Balaban J connectivity index is 1.43. The van der Waals surface area contributed by atoms with E-state index >= 15 is 0 Å². The number of Topliss-reactive ketones (excluding diaryl/α,β-unsaturated/α-hetero) is 1. The van der Waals surface area contributed by atoms with Gasteiger partial charge in [-0.15, -0.1) is 0 Å². The highest BCUT2D eigenvalue weighted by Crippen LogP contribution is 2.37. The predicted molar refractivity (Wildman–Crippen MR) is 111 cm³/mol. The Morgan fingerprint density at radius 2 is 1.90 bits per heavy atom. The molecule has 1 saturated heterocycles. The highest BCUT2D eigenvalue weighted by atomic mass is 16.5. The lowest BCUT2D eigenvalue weighted by Crippen LogP contribution is -2.33. The highest BCUT2D eigenvalue weighted by molar-refractivity contribution is 5.97. The van der Waals surface area contributed by atoms with E-state index in [2.05, 4.69) is 22.3 Å². The van der Waals surface area contributed by atoms with Gasteiger partial charge in [-0.05, 0) is 56.1 Å². The van der Waals surface area contributed by atoms with Crippen LogP contribution in [-0.4, -0.2) is 42.9 Å². The van der Waals surface area contributed by atoms with E-state index < -0.39 is 0 Å². The number of likely N-dealkylation sites (tertiary alicyclic amines) is 1. The number of anilines is 1. The SMILES string of the molecule is CC(=O)c1cccc(NC(=O)CN2CCC[C@@H]2c2ccc3c(c2)OCCCO3)c1. The van der Waals surface area contributed by atoms with Crippen LogP contribution in [0.4, 0.5) is 5.69 Å². The number of carbonyl (C=O) groups is 2. The van der Waals surface area contributed by atoms with Crippen LogP contribution in [0.25, 0.3) is 0 Å². The minimum Gasteiger partial charge on any atom is -0.490 e. The number of carbonyl (C=O) groups excluding carboxylic acids is 2. The molecule has 6 heteroatoms. The third kappa shape index (κ3) is 4.59. The Morgan fingerprint density at radius 1 is 1.07 bits per heavy atom. The zero-order valence-electron chi connectivity index (χ0n) is 16.6. The van der Waals surface area contributed by atoms with Crippen molar-refractivity contribution in [1.82, 2.24) is 4.90 Å². The number of hydrogen-bond donors (Lipinski definition) is 1. The average molecular weight is 394 g/mol. The molecule has 0 unspecified atom stereocenters. The van der Waals surface area contributed by atoms with E-state index in [0.717, 1.165) is 42.9 Å². The number of ketones is 1. The lowest BCUT2D eigenvalue weighted by molar-refractivity contribution is -0.117. The molecule has 152 valence electrons. The van der Waals surface area contributed by atoms with Crippen molar-refractivity contribution < 1.29 is 19.1 Å². The zero-order valence-corrected chi connectivity index (χ0v) is 16.6. The third-order valence-corrected chi connectivity index (χ3v) is 5.42. The molecule has 2 aromatic carbocycles.